The van der Waals surface area contributed by atoms with Crippen molar-refractivity contribution in [3.8, 4) is 0 Å². The summed E-state index contributed by atoms with van der Waals surface area (Å²) < 4.78 is 20.9. The van der Waals surface area contributed by atoms with Gasteiger partial charge >= 0.3 is 23.9 Å². The molecule has 3 rings (SSSR count). The summed E-state index contributed by atoms with van der Waals surface area (Å²) in [6.45, 7) is -1.74. The third kappa shape index (κ3) is 10.4. The van der Waals surface area contributed by atoms with E-state index >= 15 is 0 Å². The molecule has 0 unspecified atom stereocenters. The molecule has 0 bridgehead atoms. The van der Waals surface area contributed by atoms with Gasteiger partial charge in [0.1, 0.15) is 19.8 Å². The van der Waals surface area contributed by atoms with Gasteiger partial charge in [0, 0.05) is 18.2 Å². The number of rotatable bonds is 13. The number of carbonyl (C=O) groups is 4. The lowest BCUT2D eigenvalue weighted by atomic mass is 9.91. The summed E-state index contributed by atoms with van der Waals surface area (Å²) >= 11 is 0. The summed E-state index contributed by atoms with van der Waals surface area (Å²) in [6, 6.07) is 27.2. The fourth-order valence-corrected chi connectivity index (χ4v) is 3.48. The zero-order valence-electron chi connectivity index (χ0n) is 22.5. The van der Waals surface area contributed by atoms with Crippen molar-refractivity contribution in [3.05, 3.63) is 126 Å². The smallest absolute Gasteiger partial charge is 0.330 e. The van der Waals surface area contributed by atoms with Crippen LogP contribution in [0.5, 0.6) is 0 Å². The normalized spacial score (nSPS) is 11.4. The largest absolute Gasteiger partial charge is 0.468 e. The van der Waals surface area contributed by atoms with Crippen LogP contribution >= 0.6 is 0 Å². The molecule has 41 heavy (non-hydrogen) atoms. The van der Waals surface area contributed by atoms with Gasteiger partial charge in [-0.2, -0.15) is 0 Å². The molecule has 0 aliphatic carbocycles. The number of methoxy groups -OCH3 is 1. The first-order valence-electron chi connectivity index (χ1n) is 12.7. The van der Waals surface area contributed by atoms with E-state index in [-0.39, 0.29) is 0 Å². The van der Waals surface area contributed by atoms with E-state index < -0.39 is 49.1 Å². The highest BCUT2D eigenvalue weighted by Gasteiger charge is 2.44. The van der Waals surface area contributed by atoms with E-state index in [4.69, 9.17) is 18.9 Å². The Labute approximate surface area is 238 Å². The van der Waals surface area contributed by atoms with Crippen LogP contribution in [0.3, 0.4) is 0 Å². The maximum Gasteiger partial charge on any atom is 0.330 e. The molecule has 0 saturated carbocycles. The monoisotopic (exact) mass is 554 g/mol. The second-order valence-corrected chi connectivity index (χ2v) is 8.83. The van der Waals surface area contributed by atoms with E-state index in [9.17, 15) is 19.2 Å². The number of hydrogen-bond acceptors (Lipinski definition) is 8. The van der Waals surface area contributed by atoms with Crippen molar-refractivity contribution in [2.24, 2.45) is 5.41 Å². The molecule has 0 spiro atoms. The van der Waals surface area contributed by atoms with Crippen LogP contribution < -0.4 is 0 Å². The molecule has 210 valence electrons. The second kappa shape index (κ2) is 16.0. The van der Waals surface area contributed by atoms with Crippen LogP contribution in [0, 0.1) is 5.41 Å². The lowest BCUT2D eigenvalue weighted by Crippen LogP contribution is -2.46. The molecular formula is C33H30O8. The molecule has 8 heteroatoms. The molecule has 0 N–H and O–H groups in total. The van der Waals surface area contributed by atoms with E-state index in [1.807, 2.05) is 54.6 Å². The molecule has 3 aromatic rings. The van der Waals surface area contributed by atoms with E-state index in [0.717, 1.165) is 23.8 Å². The minimum absolute atomic E-state index is 0.580. The lowest BCUT2D eigenvalue weighted by molar-refractivity contribution is -0.174. The van der Waals surface area contributed by atoms with Crippen molar-refractivity contribution >= 4 is 42.1 Å². The summed E-state index contributed by atoms with van der Waals surface area (Å²) in [5, 5.41) is 0. The quantitative estimate of drug-likeness (QED) is 0.167. The van der Waals surface area contributed by atoms with Gasteiger partial charge in [0.05, 0.1) is 7.11 Å². The summed E-state index contributed by atoms with van der Waals surface area (Å²) in [6.07, 6.45) is 8.22. The fourth-order valence-electron chi connectivity index (χ4n) is 3.48. The minimum Gasteiger partial charge on any atom is -0.468 e. The predicted octanol–water partition coefficient (Wildman–Crippen LogP) is 4.92. The maximum absolute atomic E-state index is 13.0. The average Bonchev–Trinajstić information content (AvgIpc) is 3.02. The van der Waals surface area contributed by atoms with Gasteiger partial charge in [0.2, 0.25) is 0 Å². The first-order chi connectivity index (χ1) is 19.9. The SMILES string of the molecule is COC(=O)C(COC(=O)/C=C/c1ccccc1)(COC(=O)/C=C/c1ccccc1)COC(=O)/C=C/c1ccccc1. The maximum atomic E-state index is 13.0. The van der Waals surface area contributed by atoms with Crippen LogP contribution in [0.4, 0.5) is 0 Å². The van der Waals surface area contributed by atoms with Crippen LogP contribution in [0.25, 0.3) is 18.2 Å². The molecule has 0 aromatic heterocycles. The number of carbonyl (C=O) groups excluding carboxylic acids is 4. The summed E-state index contributed by atoms with van der Waals surface area (Å²) in [5.74, 6) is -3.16. The minimum atomic E-state index is -1.82. The van der Waals surface area contributed by atoms with Gasteiger partial charge in [-0.15, -0.1) is 0 Å². The van der Waals surface area contributed by atoms with Crippen LogP contribution in [0.2, 0.25) is 0 Å². The topological polar surface area (TPSA) is 105 Å². The van der Waals surface area contributed by atoms with Crippen molar-refractivity contribution < 1.29 is 38.1 Å². The standard InChI is InChI=1S/C33H30O8/c1-38-32(37)33(23-39-29(34)20-17-26-11-5-2-6-12-26,24-40-30(35)21-18-27-13-7-3-8-14-27)25-41-31(36)22-19-28-15-9-4-10-16-28/h2-22H,23-25H2,1H3/b20-17+,21-18+,22-19+. The molecule has 0 amide bonds. The highest BCUT2D eigenvalue weighted by atomic mass is 16.6. The number of benzene rings is 3. The Morgan fingerprint density at radius 1 is 0.537 bits per heavy atom. The fraction of sp³-hybridized carbons (Fsp3) is 0.152. The first-order valence-corrected chi connectivity index (χ1v) is 12.7. The number of ether oxygens (including phenoxy) is 4. The Kier molecular flexibility index (Phi) is 11.8. The van der Waals surface area contributed by atoms with Crippen LogP contribution in [-0.2, 0) is 38.1 Å². The van der Waals surface area contributed by atoms with Crippen LogP contribution in [-0.4, -0.2) is 50.8 Å². The summed E-state index contributed by atoms with van der Waals surface area (Å²) in [7, 11) is 1.13. The van der Waals surface area contributed by atoms with E-state index in [1.165, 1.54) is 18.2 Å². The van der Waals surface area contributed by atoms with Gasteiger partial charge in [0.15, 0.2) is 5.41 Å². The first kappa shape index (κ1) is 30.3. The molecule has 0 fully saturated rings. The average molecular weight is 555 g/mol. The van der Waals surface area contributed by atoms with Gasteiger partial charge in [-0.3, -0.25) is 4.79 Å². The van der Waals surface area contributed by atoms with Crippen molar-refractivity contribution in [2.75, 3.05) is 26.9 Å². The predicted molar refractivity (Wildman–Crippen MR) is 154 cm³/mol. The molecule has 8 nitrogen and oxygen atoms in total. The Morgan fingerprint density at radius 3 is 1.10 bits per heavy atom. The van der Waals surface area contributed by atoms with Gasteiger partial charge < -0.3 is 18.9 Å². The van der Waals surface area contributed by atoms with E-state index in [1.54, 1.807) is 54.6 Å². The number of esters is 4. The van der Waals surface area contributed by atoms with E-state index in [0.29, 0.717) is 0 Å². The van der Waals surface area contributed by atoms with Gasteiger partial charge in [-0.25, -0.2) is 14.4 Å². The molecule has 0 radical (unpaired) electrons. The zero-order chi connectivity index (χ0) is 29.3. The lowest BCUT2D eigenvalue weighted by Gasteiger charge is -2.28. The highest BCUT2D eigenvalue weighted by molar-refractivity contribution is 5.89. The Morgan fingerprint density at radius 2 is 0.829 bits per heavy atom. The van der Waals surface area contributed by atoms with Crippen molar-refractivity contribution in [2.45, 2.75) is 0 Å². The van der Waals surface area contributed by atoms with Crippen molar-refractivity contribution in [1.29, 1.82) is 0 Å². The number of hydrogen-bond donors (Lipinski definition) is 0. The van der Waals surface area contributed by atoms with Gasteiger partial charge in [-0.1, -0.05) is 91.0 Å². The summed E-state index contributed by atoms with van der Waals surface area (Å²) in [5.41, 5.74) is 0.475. The third-order valence-corrected chi connectivity index (χ3v) is 5.72. The van der Waals surface area contributed by atoms with Gasteiger partial charge in [-0.05, 0) is 34.9 Å². The molecular weight excluding hydrogens is 524 g/mol. The highest BCUT2D eigenvalue weighted by Crippen LogP contribution is 2.23. The third-order valence-electron chi connectivity index (χ3n) is 5.72. The Hall–Kier alpha value is -5.24. The molecule has 0 saturated heterocycles. The summed E-state index contributed by atoms with van der Waals surface area (Å²) in [4.78, 5) is 50.4. The van der Waals surface area contributed by atoms with E-state index in [2.05, 4.69) is 0 Å². The molecule has 0 aliphatic rings. The van der Waals surface area contributed by atoms with Crippen molar-refractivity contribution in [1.82, 2.24) is 0 Å². The van der Waals surface area contributed by atoms with Crippen molar-refractivity contribution in [3.63, 3.8) is 0 Å². The van der Waals surface area contributed by atoms with Gasteiger partial charge in [0.25, 0.3) is 0 Å². The van der Waals surface area contributed by atoms with Crippen LogP contribution in [0.15, 0.2) is 109 Å². The Balaban J connectivity index is 1.73. The molecule has 0 aliphatic heterocycles. The zero-order valence-corrected chi connectivity index (χ0v) is 22.5. The molecule has 0 heterocycles. The molecule has 0 atom stereocenters. The Bertz CT molecular complexity index is 1220. The second-order valence-electron chi connectivity index (χ2n) is 8.83. The molecule has 3 aromatic carbocycles. The van der Waals surface area contributed by atoms with Crippen LogP contribution in [0.1, 0.15) is 16.7 Å².